The maximum Gasteiger partial charge on any atom is 0.238 e. The zero-order valence-corrected chi connectivity index (χ0v) is 31.0. The Morgan fingerprint density at radius 2 is 0.857 bits per heavy atom. The van der Waals surface area contributed by atoms with E-state index in [2.05, 4.69) is 162 Å². The van der Waals surface area contributed by atoms with Crippen LogP contribution in [0, 0.1) is 0 Å². The van der Waals surface area contributed by atoms with Crippen LogP contribution in [0.1, 0.15) is 0 Å². The van der Waals surface area contributed by atoms with Gasteiger partial charge in [-0.1, -0.05) is 164 Å². The van der Waals surface area contributed by atoms with E-state index in [1.165, 1.54) is 47.8 Å². The molecule has 3 aromatic heterocycles. The summed E-state index contributed by atoms with van der Waals surface area (Å²) in [6.45, 7) is 0. The standard InChI is InChI=1S/C51H32N4S/c1-6-16-33(17-7-1)38-26-28-44-43(31-38)46-40(35-20-10-3-11-21-35)32-42-41-30-39(34-18-8-2-9-19-34)27-29-45(41)56-48(42)47(46)55(44)51-53-49(36-22-12-4-13-23-36)52-50(54-51)37-24-14-5-15-25-37/h1-32H. The van der Waals surface area contributed by atoms with E-state index >= 15 is 0 Å². The number of hydrogen-bond acceptors (Lipinski definition) is 4. The third kappa shape index (κ3) is 5.40. The van der Waals surface area contributed by atoms with Crippen LogP contribution >= 0.6 is 11.3 Å². The summed E-state index contributed by atoms with van der Waals surface area (Å²) < 4.78 is 4.72. The molecule has 0 aliphatic rings. The monoisotopic (exact) mass is 732 g/mol. The van der Waals surface area contributed by atoms with E-state index in [1.807, 2.05) is 47.7 Å². The summed E-state index contributed by atoms with van der Waals surface area (Å²) >= 11 is 1.83. The first-order chi connectivity index (χ1) is 27.8. The Morgan fingerprint density at radius 1 is 0.375 bits per heavy atom. The smallest absolute Gasteiger partial charge is 0.238 e. The van der Waals surface area contributed by atoms with Crippen LogP contribution in [0.3, 0.4) is 0 Å². The summed E-state index contributed by atoms with van der Waals surface area (Å²) in [5, 5.41) is 4.77. The summed E-state index contributed by atoms with van der Waals surface area (Å²) in [5.74, 6) is 1.84. The van der Waals surface area contributed by atoms with Gasteiger partial charge in [0.25, 0.3) is 0 Å². The van der Waals surface area contributed by atoms with Crippen LogP contribution in [0.15, 0.2) is 194 Å². The molecule has 0 radical (unpaired) electrons. The van der Waals surface area contributed by atoms with Gasteiger partial charge in [0.05, 0.1) is 15.7 Å². The first kappa shape index (κ1) is 32.2. The Kier molecular flexibility index (Phi) is 7.64. The second-order valence-electron chi connectivity index (χ2n) is 14.0. The minimum absolute atomic E-state index is 0.583. The van der Waals surface area contributed by atoms with E-state index in [9.17, 15) is 0 Å². The molecule has 0 saturated carbocycles. The van der Waals surface area contributed by atoms with Crippen LogP contribution in [-0.4, -0.2) is 19.5 Å². The maximum absolute atomic E-state index is 5.31. The van der Waals surface area contributed by atoms with Crippen molar-refractivity contribution in [2.24, 2.45) is 0 Å². The number of nitrogens with zero attached hydrogens (tertiary/aromatic N) is 4. The molecule has 0 unspecified atom stereocenters. The van der Waals surface area contributed by atoms with Crippen molar-refractivity contribution in [1.82, 2.24) is 19.5 Å². The molecule has 0 aliphatic heterocycles. The van der Waals surface area contributed by atoms with Gasteiger partial charge < -0.3 is 0 Å². The second kappa shape index (κ2) is 13.3. The third-order valence-electron chi connectivity index (χ3n) is 10.7. The molecule has 8 aromatic carbocycles. The molecule has 5 heteroatoms. The van der Waals surface area contributed by atoms with Gasteiger partial charge in [0.2, 0.25) is 5.95 Å². The molecule has 0 N–H and O–H groups in total. The van der Waals surface area contributed by atoms with Gasteiger partial charge in [-0.25, -0.2) is 4.98 Å². The number of benzene rings is 8. The van der Waals surface area contributed by atoms with Gasteiger partial charge in [0.1, 0.15) is 0 Å². The summed E-state index contributed by atoms with van der Waals surface area (Å²) in [7, 11) is 0. The highest BCUT2D eigenvalue weighted by Crippen LogP contribution is 2.48. The molecular weight excluding hydrogens is 701 g/mol. The molecular formula is C51H32N4S. The Bertz CT molecular complexity index is 3150. The van der Waals surface area contributed by atoms with Gasteiger partial charge in [-0.3, -0.25) is 4.57 Å². The lowest BCUT2D eigenvalue weighted by molar-refractivity contribution is 0.955. The van der Waals surface area contributed by atoms with Gasteiger partial charge in [0, 0.05) is 37.4 Å². The molecule has 0 fully saturated rings. The Hall–Kier alpha value is -7.21. The molecule has 0 saturated heterocycles. The van der Waals surface area contributed by atoms with E-state index < -0.39 is 0 Å². The summed E-state index contributed by atoms with van der Waals surface area (Å²) in [4.78, 5) is 15.7. The van der Waals surface area contributed by atoms with Crippen molar-refractivity contribution < 1.29 is 0 Å². The lowest BCUT2D eigenvalue weighted by Crippen LogP contribution is -2.06. The number of aromatic nitrogens is 4. The lowest BCUT2D eigenvalue weighted by atomic mass is 9.95. The fraction of sp³-hybridized carbons (Fsp3) is 0. The summed E-state index contributed by atoms with van der Waals surface area (Å²) in [6, 6.07) is 68.6. The highest BCUT2D eigenvalue weighted by atomic mass is 32.1. The van der Waals surface area contributed by atoms with E-state index in [0.29, 0.717) is 17.6 Å². The Labute approximate surface area is 327 Å². The van der Waals surface area contributed by atoms with E-state index in [1.54, 1.807) is 0 Å². The molecule has 0 aliphatic carbocycles. The quantitative estimate of drug-likeness (QED) is 0.171. The van der Waals surface area contributed by atoms with Crippen molar-refractivity contribution in [1.29, 1.82) is 0 Å². The summed E-state index contributed by atoms with van der Waals surface area (Å²) in [5.41, 5.74) is 11.1. The Morgan fingerprint density at radius 3 is 1.41 bits per heavy atom. The average Bonchev–Trinajstić information content (AvgIpc) is 3.83. The van der Waals surface area contributed by atoms with Crippen LogP contribution < -0.4 is 0 Å². The number of thiophene rings is 1. The molecule has 0 bridgehead atoms. The van der Waals surface area contributed by atoms with Crippen LogP contribution in [0.2, 0.25) is 0 Å². The van der Waals surface area contributed by atoms with Crippen LogP contribution in [-0.2, 0) is 0 Å². The first-order valence-electron chi connectivity index (χ1n) is 18.8. The minimum Gasteiger partial charge on any atom is -0.276 e. The minimum atomic E-state index is 0.583. The van der Waals surface area contributed by atoms with Crippen LogP contribution in [0.4, 0.5) is 0 Å². The highest BCUT2D eigenvalue weighted by molar-refractivity contribution is 7.26. The van der Waals surface area contributed by atoms with Gasteiger partial charge >= 0.3 is 0 Å². The molecule has 11 rings (SSSR count). The van der Waals surface area contributed by atoms with Gasteiger partial charge in [-0.2, -0.15) is 9.97 Å². The van der Waals surface area contributed by atoms with Crippen molar-refractivity contribution in [3.8, 4) is 62.1 Å². The largest absolute Gasteiger partial charge is 0.276 e. The molecule has 0 atom stereocenters. The molecule has 11 aromatic rings. The van der Waals surface area contributed by atoms with Crippen molar-refractivity contribution in [2.75, 3.05) is 0 Å². The molecule has 0 amide bonds. The fourth-order valence-corrected chi connectivity index (χ4v) is 9.21. The van der Waals surface area contributed by atoms with Crippen molar-refractivity contribution in [3.63, 3.8) is 0 Å². The number of hydrogen-bond donors (Lipinski definition) is 0. The van der Waals surface area contributed by atoms with Crippen molar-refractivity contribution in [2.45, 2.75) is 0 Å². The highest BCUT2D eigenvalue weighted by Gasteiger charge is 2.25. The molecule has 4 nitrogen and oxygen atoms in total. The summed E-state index contributed by atoms with van der Waals surface area (Å²) in [6.07, 6.45) is 0. The lowest BCUT2D eigenvalue weighted by Gasteiger charge is -2.12. The first-order valence-corrected chi connectivity index (χ1v) is 19.6. The molecule has 0 spiro atoms. The van der Waals surface area contributed by atoms with Gasteiger partial charge in [0.15, 0.2) is 11.6 Å². The van der Waals surface area contributed by atoms with E-state index in [0.717, 1.165) is 38.7 Å². The topological polar surface area (TPSA) is 43.6 Å². The second-order valence-corrected chi connectivity index (χ2v) is 15.1. The van der Waals surface area contributed by atoms with Crippen molar-refractivity contribution in [3.05, 3.63) is 194 Å². The van der Waals surface area contributed by atoms with Crippen molar-refractivity contribution >= 4 is 53.3 Å². The predicted molar refractivity (Wildman–Crippen MR) is 234 cm³/mol. The van der Waals surface area contributed by atoms with Crippen LogP contribution in [0.5, 0.6) is 0 Å². The number of rotatable bonds is 6. The molecule has 262 valence electrons. The van der Waals surface area contributed by atoms with Crippen LogP contribution in [0.25, 0.3) is 104 Å². The zero-order valence-electron chi connectivity index (χ0n) is 30.2. The SMILES string of the molecule is c1ccc(-c2ccc3sc4c(cc(-c5ccccc5)c5c6cc(-c7ccccc7)ccc6n(-c6nc(-c7ccccc7)nc(-c7ccccc7)n6)c45)c3c2)cc1. The number of fused-ring (bicyclic) bond motifs is 7. The van der Waals surface area contributed by atoms with Gasteiger partial charge in [-0.05, 0) is 63.7 Å². The normalized spacial score (nSPS) is 11.6. The zero-order chi connectivity index (χ0) is 37.0. The van der Waals surface area contributed by atoms with E-state index in [4.69, 9.17) is 15.0 Å². The van der Waals surface area contributed by atoms with Gasteiger partial charge in [-0.15, -0.1) is 11.3 Å². The maximum atomic E-state index is 5.31. The Balaban J connectivity index is 1.31. The van der Waals surface area contributed by atoms with E-state index in [-0.39, 0.29) is 0 Å². The fourth-order valence-electron chi connectivity index (χ4n) is 8.00. The molecule has 3 heterocycles. The third-order valence-corrected chi connectivity index (χ3v) is 11.8. The molecule has 56 heavy (non-hydrogen) atoms. The predicted octanol–water partition coefficient (Wildman–Crippen LogP) is 13.7. The average molecular weight is 733 g/mol.